The zero-order valence-corrected chi connectivity index (χ0v) is 11.7. The number of carboxylic acids is 1. The molecule has 1 aromatic rings. The molecule has 5 nitrogen and oxygen atoms in total. The van der Waals surface area contributed by atoms with Crippen LogP contribution in [0, 0.1) is 3.57 Å². The van der Waals surface area contributed by atoms with E-state index in [-0.39, 0.29) is 17.7 Å². The lowest BCUT2D eigenvalue weighted by atomic mass is 10.2. The van der Waals surface area contributed by atoms with Crippen LogP contribution in [-0.4, -0.2) is 34.1 Å². The summed E-state index contributed by atoms with van der Waals surface area (Å²) >= 11 is 7.79. The molecule has 1 unspecified atom stereocenters. The Labute approximate surface area is 112 Å². The van der Waals surface area contributed by atoms with Gasteiger partial charge in [0, 0.05) is 19.3 Å². The van der Waals surface area contributed by atoms with Crippen LogP contribution >= 0.6 is 34.2 Å². The second kappa shape index (κ2) is 5.62. The Hall–Kier alpha value is -0.630. The molecule has 0 saturated heterocycles. The van der Waals surface area contributed by atoms with E-state index in [1.165, 1.54) is 0 Å². The summed E-state index contributed by atoms with van der Waals surface area (Å²) in [6, 6.07) is -0.156. The number of anilines is 1. The molecule has 0 spiro atoms. The van der Waals surface area contributed by atoms with Gasteiger partial charge in [-0.05, 0) is 41.1 Å². The molecule has 1 rings (SSSR count). The minimum atomic E-state index is -0.838. The summed E-state index contributed by atoms with van der Waals surface area (Å²) in [6.45, 7) is 1.82. The Morgan fingerprint density at radius 3 is 2.94 bits per heavy atom. The van der Waals surface area contributed by atoms with E-state index in [4.69, 9.17) is 16.7 Å². The van der Waals surface area contributed by atoms with Crippen LogP contribution in [0.25, 0.3) is 0 Å². The van der Waals surface area contributed by atoms with Gasteiger partial charge in [0.15, 0.2) is 0 Å². The van der Waals surface area contributed by atoms with E-state index in [1.54, 1.807) is 18.1 Å². The van der Waals surface area contributed by atoms with Gasteiger partial charge in [-0.15, -0.1) is 0 Å². The quantitative estimate of drug-likeness (QED) is 0.661. The molecule has 0 fully saturated rings. The van der Waals surface area contributed by atoms with Gasteiger partial charge in [-0.1, -0.05) is 0 Å². The summed E-state index contributed by atoms with van der Waals surface area (Å²) in [5.74, 6) is -0.191. The van der Waals surface area contributed by atoms with Gasteiger partial charge in [-0.25, -0.2) is 4.98 Å². The van der Waals surface area contributed by atoms with Crippen molar-refractivity contribution in [3.63, 3.8) is 0 Å². The first-order chi connectivity index (χ1) is 7.41. The van der Waals surface area contributed by atoms with Crippen LogP contribution in [0.3, 0.4) is 0 Å². The molecule has 16 heavy (non-hydrogen) atoms. The summed E-state index contributed by atoms with van der Waals surface area (Å²) < 4.78 is 0.835. The molecule has 7 heteroatoms. The highest BCUT2D eigenvalue weighted by atomic mass is 127. The van der Waals surface area contributed by atoms with Crippen LogP contribution in [0.15, 0.2) is 6.20 Å². The molecule has 0 saturated carbocycles. The number of halogens is 2. The first-order valence-corrected chi connectivity index (χ1v) is 6.00. The number of nitrogens with zero attached hydrogens (tertiary/aromatic N) is 3. The number of hydrogen-bond acceptors (Lipinski definition) is 4. The first kappa shape index (κ1) is 13.4. The number of carboxylic acid groups (broad SMARTS) is 1. The van der Waals surface area contributed by atoms with Crippen molar-refractivity contribution < 1.29 is 9.90 Å². The van der Waals surface area contributed by atoms with Gasteiger partial charge < -0.3 is 10.0 Å². The van der Waals surface area contributed by atoms with E-state index in [0.29, 0.717) is 5.82 Å². The van der Waals surface area contributed by atoms with Crippen LogP contribution < -0.4 is 4.90 Å². The fourth-order valence-electron chi connectivity index (χ4n) is 1.18. The average molecular weight is 356 g/mol. The van der Waals surface area contributed by atoms with Crippen molar-refractivity contribution in [2.45, 2.75) is 19.4 Å². The number of aromatic nitrogens is 2. The molecule has 0 aliphatic rings. The molecule has 88 valence electrons. The van der Waals surface area contributed by atoms with Crippen molar-refractivity contribution in [2.75, 3.05) is 11.9 Å². The molecule has 0 bridgehead atoms. The molecular weight excluding hydrogens is 344 g/mol. The van der Waals surface area contributed by atoms with Gasteiger partial charge in [-0.3, -0.25) is 4.79 Å². The second-order valence-corrected chi connectivity index (χ2v) is 4.87. The van der Waals surface area contributed by atoms with Crippen LogP contribution in [0.2, 0.25) is 5.28 Å². The van der Waals surface area contributed by atoms with Crippen LogP contribution in [-0.2, 0) is 4.79 Å². The van der Waals surface area contributed by atoms with E-state index in [9.17, 15) is 4.79 Å². The highest BCUT2D eigenvalue weighted by Gasteiger charge is 2.17. The monoisotopic (exact) mass is 355 g/mol. The van der Waals surface area contributed by atoms with Gasteiger partial charge in [0.25, 0.3) is 0 Å². The topological polar surface area (TPSA) is 66.3 Å². The van der Waals surface area contributed by atoms with Gasteiger partial charge >= 0.3 is 5.97 Å². The third-order valence-electron chi connectivity index (χ3n) is 2.16. The van der Waals surface area contributed by atoms with Gasteiger partial charge in [0.2, 0.25) is 5.28 Å². The molecule has 0 aliphatic heterocycles. The Morgan fingerprint density at radius 1 is 1.75 bits per heavy atom. The highest BCUT2D eigenvalue weighted by molar-refractivity contribution is 14.1. The number of aliphatic carboxylic acids is 1. The predicted octanol–water partition coefficient (Wildman–Crippen LogP) is 2.03. The first-order valence-electron chi connectivity index (χ1n) is 4.54. The maximum Gasteiger partial charge on any atom is 0.305 e. The molecule has 0 amide bonds. The van der Waals surface area contributed by atoms with Crippen molar-refractivity contribution >= 4 is 46.0 Å². The minimum absolute atomic E-state index is 0.0498. The Bertz CT molecular complexity index is 402. The van der Waals surface area contributed by atoms with Crippen LogP contribution in [0.4, 0.5) is 5.82 Å². The summed E-state index contributed by atoms with van der Waals surface area (Å²) in [6.07, 6.45) is 1.66. The maximum absolute atomic E-state index is 10.6. The van der Waals surface area contributed by atoms with Crippen molar-refractivity contribution in [1.82, 2.24) is 9.97 Å². The molecule has 1 aromatic heterocycles. The smallest absolute Gasteiger partial charge is 0.305 e. The predicted molar refractivity (Wildman–Crippen MR) is 69.9 cm³/mol. The molecule has 0 aromatic carbocycles. The summed E-state index contributed by atoms with van der Waals surface area (Å²) in [5, 5.41) is 8.87. The maximum atomic E-state index is 10.6. The van der Waals surface area contributed by atoms with Gasteiger partial charge in [0.1, 0.15) is 5.82 Å². The summed E-state index contributed by atoms with van der Waals surface area (Å²) in [7, 11) is 1.79. The van der Waals surface area contributed by atoms with Crippen molar-refractivity contribution in [1.29, 1.82) is 0 Å². The van der Waals surface area contributed by atoms with Crippen molar-refractivity contribution in [2.24, 2.45) is 0 Å². The van der Waals surface area contributed by atoms with Gasteiger partial charge in [0.05, 0.1) is 9.99 Å². The van der Waals surface area contributed by atoms with Crippen molar-refractivity contribution in [3.8, 4) is 0 Å². The minimum Gasteiger partial charge on any atom is -0.481 e. The lowest BCUT2D eigenvalue weighted by Gasteiger charge is -2.25. The van der Waals surface area contributed by atoms with E-state index in [1.807, 2.05) is 6.92 Å². The third kappa shape index (κ3) is 3.44. The number of rotatable bonds is 4. The Kier molecular flexibility index (Phi) is 4.72. The van der Waals surface area contributed by atoms with E-state index >= 15 is 0 Å². The Balaban J connectivity index is 2.90. The molecule has 1 N–H and O–H groups in total. The van der Waals surface area contributed by atoms with Gasteiger partial charge in [-0.2, -0.15) is 4.98 Å². The molecule has 0 radical (unpaired) electrons. The lowest BCUT2D eigenvalue weighted by molar-refractivity contribution is -0.137. The largest absolute Gasteiger partial charge is 0.481 e. The van der Waals surface area contributed by atoms with E-state index in [2.05, 4.69) is 32.6 Å². The Morgan fingerprint density at radius 2 is 2.38 bits per heavy atom. The van der Waals surface area contributed by atoms with Crippen LogP contribution in [0.1, 0.15) is 13.3 Å². The number of hydrogen-bond donors (Lipinski definition) is 1. The average Bonchev–Trinajstić information content (AvgIpc) is 2.19. The summed E-state index contributed by atoms with van der Waals surface area (Å²) in [5.41, 5.74) is 0. The number of carbonyl (C=O) groups is 1. The standard InChI is InChI=1S/C9H11ClIN3O2/c1-5(3-7(15)16)14(2)8-6(11)4-12-9(10)13-8/h4-5H,3H2,1-2H3,(H,15,16). The summed E-state index contributed by atoms with van der Waals surface area (Å²) in [4.78, 5) is 20.3. The third-order valence-corrected chi connectivity index (χ3v) is 3.10. The van der Waals surface area contributed by atoms with Crippen molar-refractivity contribution in [3.05, 3.63) is 15.1 Å². The van der Waals surface area contributed by atoms with Crippen LogP contribution in [0.5, 0.6) is 0 Å². The molecule has 1 atom stereocenters. The van der Waals surface area contributed by atoms with E-state index < -0.39 is 5.97 Å². The normalized spacial score (nSPS) is 12.2. The second-order valence-electron chi connectivity index (χ2n) is 3.37. The zero-order valence-electron chi connectivity index (χ0n) is 8.81. The molecular formula is C9H11ClIN3O2. The fourth-order valence-corrected chi connectivity index (χ4v) is 1.95. The SMILES string of the molecule is CC(CC(=O)O)N(C)c1nc(Cl)ncc1I. The van der Waals surface area contributed by atoms with E-state index in [0.717, 1.165) is 3.57 Å². The molecule has 1 heterocycles. The highest BCUT2D eigenvalue weighted by Crippen LogP contribution is 2.22. The molecule has 0 aliphatic carbocycles. The fraction of sp³-hybridized carbons (Fsp3) is 0.444. The lowest BCUT2D eigenvalue weighted by Crippen LogP contribution is -2.32. The zero-order chi connectivity index (χ0) is 12.3.